The van der Waals surface area contributed by atoms with Crippen LogP contribution in [0.5, 0.6) is 0 Å². The normalized spacial score (nSPS) is 12.7. The van der Waals surface area contributed by atoms with E-state index >= 15 is 0 Å². The van der Waals surface area contributed by atoms with E-state index < -0.39 is 17.5 Å². The summed E-state index contributed by atoms with van der Waals surface area (Å²) < 4.78 is 39.1. The molecule has 0 saturated heterocycles. The summed E-state index contributed by atoms with van der Waals surface area (Å²) in [6, 6.07) is 5.46. The molecule has 0 radical (unpaired) electrons. The Morgan fingerprint density at radius 3 is 2.33 bits per heavy atom. The predicted molar refractivity (Wildman–Crippen MR) is 66.8 cm³/mol. The second kappa shape index (κ2) is 5.12. The van der Waals surface area contributed by atoms with E-state index in [1.165, 1.54) is 11.3 Å². The standard InChI is InChI=1S/C13H12F3NS/c1-2-10(17)12-4-3-11(18-12)7-5-8(14)13(16)9(15)6-7/h3-6,10H,2,17H2,1H3. The van der Waals surface area contributed by atoms with E-state index in [0.717, 1.165) is 23.4 Å². The molecule has 1 unspecified atom stereocenters. The summed E-state index contributed by atoms with van der Waals surface area (Å²) in [5, 5.41) is 0. The number of benzene rings is 1. The van der Waals surface area contributed by atoms with Gasteiger partial charge in [0.05, 0.1) is 0 Å². The molecule has 2 aromatic rings. The van der Waals surface area contributed by atoms with Crippen molar-refractivity contribution in [1.82, 2.24) is 0 Å². The molecule has 18 heavy (non-hydrogen) atoms. The van der Waals surface area contributed by atoms with Gasteiger partial charge in [0, 0.05) is 15.8 Å². The van der Waals surface area contributed by atoms with Crippen LogP contribution < -0.4 is 5.73 Å². The number of hydrogen-bond acceptors (Lipinski definition) is 2. The van der Waals surface area contributed by atoms with Gasteiger partial charge in [0.15, 0.2) is 17.5 Å². The Bertz CT molecular complexity index is 542. The molecular weight excluding hydrogens is 259 g/mol. The Balaban J connectivity index is 2.40. The highest BCUT2D eigenvalue weighted by Gasteiger charge is 2.14. The van der Waals surface area contributed by atoms with Crippen molar-refractivity contribution in [2.45, 2.75) is 19.4 Å². The molecule has 1 heterocycles. The first-order valence-electron chi connectivity index (χ1n) is 5.53. The molecule has 0 aliphatic rings. The summed E-state index contributed by atoms with van der Waals surface area (Å²) in [5.74, 6) is -3.81. The monoisotopic (exact) mass is 271 g/mol. The van der Waals surface area contributed by atoms with E-state index in [1.54, 1.807) is 6.07 Å². The van der Waals surface area contributed by atoms with Crippen LogP contribution in [0.25, 0.3) is 10.4 Å². The minimum Gasteiger partial charge on any atom is -0.323 e. The molecule has 0 bridgehead atoms. The van der Waals surface area contributed by atoms with Gasteiger partial charge < -0.3 is 5.73 Å². The molecule has 0 fully saturated rings. The van der Waals surface area contributed by atoms with Gasteiger partial charge in [-0.25, -0.2) is 13.2 Å². The largest absolute Gasteiger partial charge is 0.323 e. The van der Waals surface area contributed by atoms with Crippen LogP contribution in [0.4, 0.5) is 13.2 Å². The zero-order valence-electron chi connectivity index (χ0n) is 9.71. The average Bonchev–Trinajstić information content (AvgIpc) is 2.84. The molecule has 0 aliphatic heterocycles. The fraction of sp³-hybridized carbons (Fsp3) is 0.231. The molecule has 0 spiro atoms. The highest BCUT2D eigenvalue weighted by Crippen LogP contribution is 2.32. The summed E-state index contributed by atoms with van der Waals surface area (Å²) in [6.07, 6.45) is 0.784. The summed E-state index contributed by atoms with van der Waals surface area (Å²) in [4.78, 5) is 1.62. The number of rotatable bonds is 3. The first-order chi connectivity index (χ1) is 8.52. The SMILES string of the molecule is CCC(N)c1ccc(-c2cc(F)c(F)c(F)c2)s1. The van der Waals surface area contributed by atoms with Crippen LogP contribution in [0.3, 0.4) is 0 Å². The third kappa shape index (κ3) is 2.42. The Morgan fingerprint density at radius 2 is 1.78 bits per heavy atom. The lowest BCUT2D eigenvalue weighted by atomic mass is 10.1. The lowest BCUT2D eigenvalue weighted by Gasteiger charge is -2.04. The summed E-state index contributed by atoms with van der Waals surface area (Å²) in [7, 11) is 0. The van der Waals surface area contributed by atoms with Crippen molar-refractivity contribution >= 4 is 11.3 Å². The molecule has 5 heteroatoms. The van der Waals surface area contributed by atoms with Crippen molar-refractivity contribution in [1.29, 1.82) is 0 Å². The van der Waals surface area contributed by atoms with Crippen LogP contribution in [0, 0.1) is 17.5 Å². The molecule has 0 aliphatic carbocycles. The first-order valence-corrected chi connectivity index (χ1v) is 6.34. The van der Waals surface area contributed by atoms with Gasteiger partial charge in [-0.15, -0.1) is 11.3 Å². The maximum atomic E-state index is 13.1. The zero-order chi connectivity index (χ0) is 13.3. The lowest BCUT2D eigenvalue weighted by molar-refractivity contribution is 0.448. The van der Waals surface area contributed by atoms with Crippen LogP contribution in [0.1, 0.15) is 24.3 Å². The van der Waals surface area contributed by atoms with Crippen LogP contribution in [-0.2, 0) is 0 Å². The summed E-state index contributed by atoms with van der Waals surface area (Å²) in [6.45, 7) is 1.96. The smallest absolute Gasteiger partial charge is 0.194 e. The summed E-state index contributed by atoms with van der Waals surface area (Å²) in [5.41, 5.74) is 6.20. The molecular formula is C13H12F3NS. The van der Waals surface area contributed by atoms with Crippen LogP contribution in [-0.4, -0.2) is 0 Å². The molecule has 2 rings (SSSR count). The van der Waals surface area contributed by atoms with Gasteiger partial charge in [0.2, 0.25) is 0 Å². The highest BCUT2D eigenvalue weighted by atomic mass is 32.1. The molecule has 0 amide bonds. The molecule has 96 valence electrons. The van der Waals surface area contributed by atoms with Crippen molar-refractivity contribution in [3.05, 3.63) is 46.6 Å². The number of halogens is 3. The fourth-order valence-corrected chi connectivity index (χ4v) is 2.69. The Hall–Kier alpha value is -1.33. The minimum atomic E-state index is -1.44. The van der Waals surface area contributed by atoms with Crippen molar-refractivity contribution in [3.63, 3.8) is 0 Å². The van der Waals surface area contributed by atoms with Crippen LogP contribution >= 0.6 is 11.3 Å². The Kier molecular flexibility index (Phi) is 3.73. The highest BCUT2D eigenvalue weighted by molar-refractivity contribution is 7.15. The van der Waals surface area contributed by atoms with Gasteiger partial charge in [0.25, 0.3) is 0 Å². The topological polar surface area (TPSA) is 26.0 Å². The third-order valence-corrected chi connectivity index (χ3v) is 3.97. The maximum absolute atomic E-state index is 13.1. The molecule has 1 aromatic heterocycles. The van der Waals surface area contributed by atoms with Crippen molar-refractivity contribution in [3.8, 4) is 10.4 Å². The Labute approximate surface area is 107 Å². The number of thiophene rings is 1. The van der Waals surface area contributed by atoms with E-state index in [9.17, 15) is 13.2 Å². The predicted octanol–water partition coefficient (Wildman–Crippen LogP) is 4.24. The van der Waals surface area contributed by atoms with Crippen molar-refractivity contribution in [2.75, 3.05) is 0 Å². The van der Waals surface area contributed by atoms with Crippen LogP contribution in [0.2, 0.25) is 0 Å². The van der Waals surface area contributed by atoms with E-state index in [-0.39, 0.29) is 6.04 Å². The Morgan fingerprint density at radius 1 is 1.17 bits per heavy atom. The molecule has 0 saturated carbocycles. The zero-order valence-corrected chi connectivity index (χ0v) is 10.5. The van der Waals surface area contributed by atoms with E-state index in [0.29, 0.717) is 10.4 Å². The molecule has 2 N–H and O–H groups in total. The fourth-order valence-electron chi connectivity index (χ4n) is 1.61. The quantitative estimate of drug-likeness (QED) is 0.830. The third-order valence-electron chi connectivity index (χ3n) is 2.70. The number of hydrogen-bond donors (Lipinski definition) is 1. The van der Waals surface area contributed by atoms with E-state index in [4.69, 9.17) is 5.73 Å². The van der Waals surface area contributed by atoms with Gasteiger partial charge in [-0.1, -0.05) is 6.92 Å². The van der Waals surface area contributed by atoms with Crippen molar-refractivity contribution in [2.24, 2.45) is 5.73 Å². The average molecular weight is 271 g/mol. The second-order valence-corrected chi connectivity index (χ2v) is 5.09. The molecule has 1 nitrogen and oxygen atoms in total. The van der Waals surface area contributed by atoms with Gasteiger partial charge in [-0.05, 0) is 36.2 Å². The van der Waals surface area contributed by atoms with Crippen LogP contribution in [0.15, 0.2) is 24.3 Å². The first kappa shape index (κ1) is 13.1. The minimum absolute atomic E-state index is 0.0844. The molecule has 1 aromatic carbocycles. The van der Waals surface area contributed by atoms with Gasteiger partial charge in [-0.3, -0.25) is 0 Å². The van der Waals surface area contributed by atoms with E-state index in [1.807, 2.05) is 13.0 Å². The summed E-state index contributed by atoms with van der Waals surface area (Å²) >= 11 is 1.36. The maximum Gasteiger partial charge on any atom is 0.194 e. The van der Waals surface area contributed by atoms with Gasteiger partial charge in [0.1, 0.15) is 0 Å². The second-order valence-electron chi connectivity index (χ2n) is 3.97. The number of nitrogens with two attached hydrogens (primary N) is 1. The van der Waals surface area contributed by atoms with Gasteiger partial charge in [-0.2, -0.15) is 0 Å². The molecule has 1 atom stereocenters. The lowest BCUT2D eigenvalue weighted by Crippen LogP contribution is -2.05. The van der Waals surface area contributed by atoms with Gasteiger partial charge >= 0.3 is 0 Å². The van der Waals surface area contributed by atoms with Crippen molar-refractivity contribution < 1.29 is 13.2 Å². The van der Waals surface area contributed by atoms with E-state index in [2.05, 4.69) is 0 Å².